The maximum Gasteiger partial charge on any atom is 0.248 e. The van der Waals surface area contributed by atoms with Crippen LogP contribution in [-0.4, -0.2) is 13.2 Å². The molecule has 0 aliphatic carbocycles. The van der Waals surface area contributed by atoms with Gasteiger partial charge in [0, 0.05) is 5.56 Å². The van der Waals surface area contributed by atoms with Crippen LogP contribution >= 0.6 is 0 Å². The van der Waals surface area contributed by atoms with E-state index in [0.29, 0.717) is 5.56 Å². The number of primary amides is 1. The van der Waals surface area contributed by atoms with Crippen LogP contribution in [0.25, 0.3) is 0 Å². The minimum Gasteiger partial charge on any atom is -0.366 e. The zero-order valence-corrected chi connectivity index (χ0v) is 10.0. The zero-order valence-electron chi connectivity index (χ0n) is 10.0. The minimum atomic E-state index is -0.396. The van der Waals surface area contributed by atoms with Gasteiger partial charge in [0.15, 0.2) is 7.28 Å². The molecule has 0 heterocycles. The predicted molar refractivity (Wildman–Crippen MR) is 74.8 cm³/mol. The van der Waals surface area contributed by atoms with Crippen molar-refractivity contribution in [1.29, 1.82) is 0 Å². The van der Waals surface area contributed by atoms with Crippen LogP contribution in [0.1, 0.15) is 17.3 Å². The lowest BCUT2D eigenvalue weighted by Gasteiger charge is -2.01. The second kappa shape index (κ2) is 6.53. The lowest BCUT2D eigenvalue weighted by Crippen LogP contribution is -2.17. The third-order valence-corrected chi connectivity index (χ3v) is 2.36. The smallest absolute Gasteiger partial charge is 0.248 e. The van der Waals surface area contributed by atoms with Gasteiger partial charge in [0.2, 0.25) is 5.91 Å². The summed E-state index contributed by atoms with van der Waals surface area (Å²) in [6.45, 7) is 5.67. The molecule has 0 aliphatic heterocycles. The van der Waals surface area contributed by atoms with Gasteiger partial charge in [0.05, 0.1) is 0 Å². The molecule has 0 radical (unpaired) electrons. The van der Waals surface area contributed by atoms with Crippen molar-refractivity contribution in [1.82, 2.24) is 0 Å². The minimum absolute atomic E-state index is 0.396. The van der Waals surface area contributed by atoms with Gasteiger partial charge in [-0.2, -0.15) is 0 Å². The van der Waals surface area contributed by atoms with E-state index in [1.807, 2.05) is 37.3 Å². The number of hydrogen-bond acceptors (Lipinski definition) is 1. The highest BCUT2D eigenvalue weighted by molar-refractivity contribution is 6.61. The topological polar surface area (TPSA) is 43.1 Å². The van der Waals surface area contributed by atoms with Crippen molar-refractivity contribution in [3.05, 3.63) is 66.2 Å². The Morgan fingerprint density at radius 1 is 1.35 bits per heavy atom. The van der Waals surface area contributed by atoms with Gasteiger partial charge >= 0.3 is 0 Å². The Balaban J connectivity index is 2.84. The van der Waals surface area contributed by atoms with E-state index in [0.717, 1.165) is 12.7 Å². The molecule has 2 nitrogen and oxygen atoms in total. The van der Waals surface area contributed by atoms with Crippen LogP contribution in [0.5, 0.6) is 0 Å². The Morgan fingerprint density at radius 3 is 2.47 bits per heavy atom. The lowest BCUT2D eigenvalue weighted by atomic mass is 9.63. The molecule has 86 valence electrons. The van der Waals surface area contributed by atoms with Crippen molar-refractivity contribution >= 4 is 18.6 Å². The first-order chi connectivity index (χ1) is 8.17. The Kier molecular flexibility index (Phi) is 5.01. The van der Waals surface area contributed by atoms with Crippen LogP contribution in [0, 0.1) is 0 Å². The van der Waals surface area contributed by atoms with Gasteiger partial charge in [0.25, 0.3) is 0 Å². The fourth-order valence-corrected chi connectivity index (χ4v) is 1.56. The van der Waals surface area contributed by atoms with Crippen molar-refractivity contribution < 1.29 is 4.79 Å². The van der Waals surface area contributed by atoms with E-state index in [1.165, 1.54) is 5.47 Å². The fraction of sp³-hybridized carbons (Fsp3) is 0.0714. The molecule has 0 fully saturated rings. The van der Waals surface area contributed by atoms with E-state index in [9.17, 15) is 4.79 Å². The number of rotatable bonds is 5. The number of nitrogens with two attached hydrogens (primary N) is 1. The summed E-state index contributed by atoms with van der Waals surface area (Å²) >= 11 is 0. The van der Waals surface area contributed by atoms with Crippen molar-refractivity contribution in [2.24, 2.45) is 5.73 Å². The molecular weight excluding hydrogens is 209 g/mol. The van der Waals surface area contributed by atoms with E-state index >= 15 is 0 Å². The number of benzene rings is 1. The van der Waals surface area contributed by atoms with Crippen molar-refractivity contribution in [2.75, 3.05) is 0 Å². The van der Waals surface area contributed by atoms with Gasteiger partial charge in [-0.15, -0.1) is 0 Å². The first-order valence-corrected chi connectivity index (χ1v) is 5.50. The third-order valence-electron chi connectivity index (χ3n) is 2.36. The summed E-state index contributed by atoms with van der Waals surface area (Å²) in [4.78, 5) is 10.9. The average molecular weight is 225 g/mol. The zero-order chi connectivity index (χ0) is 12.7. The maximum atomic E-state index is 10.9. The second-order valence-electron chi connectivity index (χ2n) is 3.72. The molecule has 0 bridgehead atoms. The highest BCUT2D eigenvalue weighted by Gasteiger charge is 2.02. The molecule has 0 aliphatic rings. The number of carbonyl (C=O) groups excluding carboxylic acids is 1. The van der Waals surface area contributed by atoms with E-state index in [1.54, 1.807) is 18.2 Å². The number of allylic oxidation sites excluding steroid dienone is 5. The number of carbonyl (C=O) groups is 1. The summed E-state index contributed by atoms with van der Waals surface area (Å²) in [6, 6.07) is 7.33. The van der Waals surface area contributed by atoms with Crippen molar-refractivity contribution in [2.45, 2.75) is 6.92 Å². The van der Waals surface area contributed by atoms with Gasteiger partial charge in [-0.3, -0.25) is 4.79 Å². The molecule has 0 unspecified atom stereocenters. The monoisotopic (exact) mass is 225 g/mol. The average Bonchev–Trinajstić information content (AvgIpc) is 2.30. The van der Waals surface area contributed by atoms with Crippen LogP contribution in [0.2, 0.25) is 0 Å². The molecule has 1 rings (SSSR count). The van der Waals surface area contributed by atoms with Gasteiger partial charge in [0.1, 0.15) is 0 Å². The van der Waals surface area contributed by atoms with Crippen LogP contribution in [-0.2, 0) is 0 Å². The summed E-state index contributed by atoms with van der Waals surface area (Å²) in [6.07, 6.45) is 7.78. The Labute approximate surface area is 103 Å². The molecule has 0 spiro atoms. The first-order valence-electron chi connectivity index (χ1n) is 5.50. The Bertz CT molecular complexity index is 458. The molecule has 1 aromatic rings. The largest absolute Gasteiger partial charge is 0.366 e. The molecule has 0 saturated heterocycles. The molecule has 17 heavy (non-hydrogen) atoms. The van der Waals surface area contributed by atoms with Gasteiger partial charge in [-0.25, -0.2) is 0 Å². The maximum absolute atomic E-state index is 10.9. The predicted octanol–water partition coefficient (Wildman–Crippen LogP) is 1.49. The highest BCUT2D eigenvalue weighted by Crippen LogP contribution is 1.99. The molecule has 1 aromatic carbocycles. The van der Waals surface area contributed by atoms with Crippen molar-refractivity contribution in [3.8, 4) is 0 Å². The quantitative estimate of drug-likeness (QED) is 0.598. The van der Waals surface area contributed by atoms with Crippen molar-refractivity contribution in [3.63, 3.8) is 0 Å². The van der Waals surface area contributed by atoms with E-state index in [2.05, 4.69) is 6.58 Å². The Morgan fingerprint density at radius 2 is 2.00 bits per heavy atom. The van der Waals surface area contributed by atoms with E-state index in [-0.39, 0.29) is 0 Å². The molecule has 0 aromatic heterocycles. The van der Waals surface area contributed by atoms with Gasteiger partial charge in [-0.1, -0.05) is 66.1 Å². The summed E-state index contributed by atoms with van der Waals surface area (Å²) < 4.78 is 0. The van der Waals surface area contributed by atoms with E-state index in [4.69, 9.17) is 5.73 Å². The van der Waals surface area contributed by atoms with E-state index < -0.39 is 5.91 Å². The molecule has 2 N–H and O–H groups in total. The van der Waals surface area contributed by atoms with Crippen LogP contribution in [0.15, 0.2) is 60.6 Å². The second-order valence-corrected chi connectivity index (χ2v) is 3.72. The molecule has 1 amide bonds. The summed E-state index contributed by atoms with van der Waals surface area (Å²) in [7, 11) is 0.815. The van der Waals surface area contributed by atoms with Crippen LogP contribution in [0.4, 0.5) is 0 Å². The molecule has 0 saturated carbocycles. The summed E-state index contributed by atoms with van der Waals surface area (Å²) in [5.74, 6) is -0.396. The normalized spacial score (nSPS) is 11.5. The first kappa shape index (κ1) is 13.0. The standard InChI is InChI=1S/C14H16BNO/c1-3-5-12(6-4-2)15-13-9-7-11(8-10-13)14(16)17/h3-10,15H,1H2,2H3,(H2,16,17)/b6-4-,12-5+. The van der Waals surface area contributed by atoms with Gasteiger partial charge < -0.3 is 5.73 Å². The molecule has 3 heteroatoms. The fourth-order valence-electron chi connectivity index (χ4n) is 1.56. The number of hydrogen-bond donors (Lipinski definition) is 1. The summed E-state index contributed by atoms with van der Waals surface area (Å²) in [5, 5.41) is 0. The SMILES string of the molecule is C=C/C=C(Bc1ccc(C(N)=O)cc1)\C=C/C. The lowest BCUT2D eigenvalue weighted by molar-refractivity contribution is 0.100. The number of amides is 1. The Hall–Kier alpha value is -2.03. The van der Waals surface area contributed by atoms with Gasteiger partial charge in [-0.05, 0) is 6.92 Å². The highest BCUT2D eigenvalue weighted by atomic mass is 16.1. The molecular formula is C14H16BNO. The summed E-state index contributed by atoms with van der Waals surface area (Å²) in [5.41, 5.74) is 8.04. The van der Waals surface area contributed by atoms with Crippen LogP contribution in [0.3, 0.4) is 0 Å². The molecule has 0 atom stereocenters. The van der Waals surface area contributed by atoms with Crippen LogP contribution < -0.4 is 11.2 Å². The third kappa shape index (κ3) is 4.15.